The minimum atomic E-state index is 0.499. The second kappa shape index (κ2) is 18.8. The smallest absolute Gasteiger partial charge is 0.166 e. The van der Waals surface area contributed by atoms with Crippen molar-refractivity contribution in [3.8, 4) is 85.4 Å². The highest BCUT2D eigenvalue weighted by Crippen LogP contribution is 2.42. The quantitative estimate of drug-likeness (QED) is 0.143. The van der Waals surface area contributed by atoms with Crippen LogP contribution in [0.5, 0.6) is 0 Å². The Morgan fingerprint density at radius 2 is 0.494 bits per heavy atom. The van der Waals surface area contributed by atoms with E-state index in [-0.39, 0.29) is 0 Å². The van der Waals surface area contributed by atoms with Crippen molar-refractivity contribution in [2.75, 3.05) is 0 Å². The van der Waals surface area contributed by atoms with Gasteiger partial charge in [0.2, 0.25) is 0 Å². The molecule has 0 bridgehead atoms. The van der Waals surface area contributed by atoms with Gasteiger partial charge in [0.25, 0.3) is 0 Å². The van der Waals surface area contributed by atoms with Gasteiger partial charge in [0, 0.05) is 77.1 Å². The number of hydrogen-bond acceptors (Lipinski definition) is 6. The molecule has 0 amide bonds. The van der Waals surface area contributed by atoms with Gasteiger partial charge in [0.1, 0.15) is 0 Å². The molecule has 0 aliphatic rings. The minimum Gasteiger partial charge on any atom is -0.309 e. The molecule has 11 aromatic carbocycles. The van der Waals surface area contributed by atoms with Crippen molar-refractivity contribution in [1.29, 1.82) is 0 Å². The molecule has 0 unspecified atom stereocenters. The van der Waals surface area contributed by atoms with E-state index < -0.39 is 0 Å². The van der Waals surface area contributed by atoms with Crippen molar-refractivity contribution in [3.63, 3.8) is 0 Å². The largest absolute Gasteiger partial charge is 0.309 e. The van der Waals surface area contributed by atoms with Crippen molar-refractivity contribution in [3.05, 3.63) is 273 Å². The number of nitrogens with zero attached hydrogens (tertiary/aromatic N) is 9. The summed E-state index contributed by atoms with van der Waals surface area (Å²) in [6, 6.07) is 95.4. The first kappa shape index (κ1) is 46.0. The molecule has 0 atom stereocenters. The summed E-state index contributed by atoms with van der Waals surface area (Å²) < 4.78 is 7.17. The van der Waals surface area contributed by atoms with Crippen LogP contribution in [0.4, 0.5) is 0 Å². The number of rotatable bonds is 9. The molecule has 9 nitrogen and oxygen atoms in total. The Bertz CT molecular complexity index is 4710. The normalized spacial score (nSPS) is 11.7. The lowest BCUT2D eigenvalue weighted by molar-refractivity contribution is 1.06. The lowest BCUT2D eigenvalue weighted by Gasteiger charge is -2.17. The fraction of sp³-hybridized carbons (Fsp3) is 0. The number of para-hydroxylation sites is 4. The zero-order valence-electron chi connectivity index (χ0n) is 43.5. The molecule has 378 valence electrons. The van der Waals surface area contributed by atoms with Crippen molar-refractivity contribution < 1.29 is 0 Å². The third-order valence-corrected chi connectivity index (χ3v) is 15.5. The molecule has 0 saturated heterocycles. The lowest BCUT2D eigenvalue weighted by Crippen LogP contribution is -2.05. The molecule has 5 heterocycles. The second-order valence-electron chi connectivity index (χ2n) is 20.3. The fourth-order valence-corrected chi connectivity index (χ4v) is 11.9. The third kappa shape index (κ3) is 7.70. The summed E-state index contributed by atoms with van der Waals surface area (Å²) in [4.78, 5) is 31.5. The Morgan fingerprint density at radius 1 is 0.198 bits per heavy atom. The molecule has 16 rings (SSSR count). The molecule has 0 saturated carbocycles. The molecule has 0 N–H and O–H groups in total. The summed E-state index contributed by atoms with van der Waals surface area (Å²) in [5.74, 6) is 3.28. The highest BCUT2D eigenvalue weighted by Gasteiger charge is 2.24. The maximum atomic E-state index is 5.41. The van der Waals surface area contributed by atoms with E-state index >= 15 is 0 Å². The van der Waals surface area contributed by atoms with Gasteiger partial charge in [-0.1, -0.05) is 194 Å². The molecule has 0 radical (unpaired) electrons. The molecule has 0 aliphatic heterocycles. The van der Waals surface area contributed by atoms with E-state index in [0.29, 0.717) is 34.9 Å². The van der Waals surface area contributed by atoms with Crippen LogP contribution in [0.1, 0.15) is 0 Å². The van der Waals surface area contributed by atoms with Crippen LogP contribution in [0.2, 0.25) is 0 Å². The SMILES string of the molecule is c1ccc(-c2nc(-c3ccccc3)nc(-c3ccc(-n4c5ccc(-n6c7ccccc7c7ccccc76)cc5c5cc(-n6c7ccccc7c7ccccc76)ccc54)c(-c4nc(-c5ccccc5)nc(-c5ccccc5)n4)c3)n2)cc1. The molecule has 16 aromatic rings. The van der Waals surface area contributed by atoms with Gasteiger partial charge in [-0.2, -0.15) is 0 Å². The van der Waals surface area contributed by atoms with E-state index in [4.69, 9.17) is 29.9 Å². The van der Waals surface area contributed by atoms with Gasteiger partial charge in [-0.3, -0.25) is 0 Å². The van der Waals surface area contributed by atoms with Crippen molar-refractivity contribution in [1.82, 2.24) is 43.6 Å². The van der Waals surface area contributed by atoms with Crippen LogP contribution in [0.25, 0.3) is 151 Å². The monoisotopic (exact) mass is 1040 g/mol. The lowest BCUT2D eigenvalue weighted by atomic mass is 10.1. The third-order valence-electron chi connectivity index (χ3n) is 15.5. The van der Waals surface area contributed by atoms with Crippen molar-refractivity contribution in [2.45, 2.75) is 0 Å². The molecule has 0 aliphatic carbocycles. The Morgan fingerprint density at radius 3 is 0.852 bits per heavy atom. The van der Waals surface area contributed by atoms with E-state index in [1.165, 1.54) is 21.5 Å². The van der Waals surface area contributed by atoms with Crippen molar-refractivity contribution >= 4 is 65.4 Å². The highest BCUT2D eigenvalue weighted by atomic mass is 15.1. The first-order valence-corrected chi connectivity index (χ1v) is 27.1. The van der Waals surface area contributed by atoms with Gasteiger partial charge >= 0.3 is 0 Å². The van der Waals surface area contributed by atoms with Crippen LogP contribution in [0.3, 0.4) is 0 Å². The number of hydrogen-bond donors (Lipinski definition) is 0. The summed E-state index contributed by atoms with van der Waals surface area (Å²) >= 11 is 0. The first-order chi connectivity index (χ1) is 40.2. The minimum absolute atomic E-state index is 0.499. The van der Waals surface area contributed by atoms with Crippen LogP contribution in [-0.2, 0) is 0 Å². The Balaban J connectivity index is 0.998. The van der Waals surface area contributed by atoms with E-state index in [1.54, 1.807) is 0 Å². The fourth-order valence-electron chi connectivity index (χ4n) is 11.9. The van der Waals surface area contributed by atoms with E-state index in [2.05, 4.69) is 165 Å². The van der Waals surface area contributed by atoms with Gasteiger partial charge in [-0.25, -0.2) is 29.9 Å². The molecular weight excluding hydrogens is 991 g/mol. The zero-order chi connectivity index (χ0) is 53.4. The Kier molecular flexibility index (Phi) is 10.7. The molecule has 0 fully saturated rings. The van der Waals surface area contributed by atoms with Gasteiger partial charge < -0.3 is 13.7 Å². The van der Waals surface area contributed by atoms with Crippen LogP contribution in [-0.4, -0.2) is 43.6 Å². The molecule has 9 heteroatoms. The van der Waals surface area contributed by atoms with Crippen LogP contribution in [0, 0.1) is 0 Å². The Labute approximate surface area is 465 Å². The molecular formula is C72H45N9. The van der Waals surface area contributed by atoms with E-state index in [1.807, 2.05) is 121 Å². The standard InChI is InChI=1S/C72H45N9/c1-5-21-46(22-6-1)67-73-68(47-23-7-2-8-24-47)76-71(75-67)50-37-40-66(59(43-50)72-77-69(48-25-9-3-10-26-48)74-70(78-72)49-27-11-4-12-28-49)81-64-41-38-51(79-60-33-17-13-29-53(60)54-30-14-18-34-61(54)79)44-57(64)58-45-52(39-42-65(58)81)80-62-35-19-15-31-55(62)56-32-16-20-36-63(56)80/h1-45H. The average molecular weight is 1040 g/mol. The summed E-state index contributed by atoms with van der Waals surface area (Å²) in [6.07, 6.45) is 0. The number of benzene rings is 11. The number of fused-ring (bicyclic) bond motifs is 9. The highest BCUT2D eigenvalue weighted by molar-refractivity contribution is 6.14. The molecule has 5 aromatic heterocycles. The number of aromatic nitrogens is 9. The van der Waals surface area contributed by atoms with Gasteiger partial charge in [-0.15, -0.1) is 0 Å². The zero-order valence-corrected chi connectivity index (χ0v) is 43.5. The first-order valence-electron chi connectivity index (χ1n) is 27.1. The van der Waals surface area contributed by atoms with Gasteiger partial charge in [0.15, 0.2) is 34.9 Å². The Hall–Kier alpha value is -11.2. The molecule has 81 heavy (non-hydrogen) atoms. The predicted molar refractivity (Wildman–Crippen MR) is 329 cm³/mol. The molecule has 0 spiro atoms. The van der Waals surface area contributed by atoms with E-state index in [9.17, 15) is 0 Å². The summed E-state index contributed by atoms with van der Waals surface area (Å²) in [7, 11) is 0. The van der Waals surface area contributed by atoms with Gasteiger partial charge in [-0.05, 0) is 78.9 Å². The topological polar surface area (TPSA) is 92.1 Å². The van der Waals surface area contributed by atoms with Crippen molar-refractivity contribution in [2.24, 2.45) is 0 Å². The van der Waals surface area contributed by atoms with E-state index in [0.717, 1.165) is 94.3 Å². The van der Waals surface area contributed by atoms with Crippen LogP contribution >= 0.6 is 0 Å². The van der Waals surface area contributed by atoms with Crippen LogP contribution in [0.15, 0.2) is 273 Å². The average Bonchev–Trinajstić information content (AvgIpc) is 4.01. The summed E-state index contributed by atoms with van der Waals surface area (Å²) in [6.45, 7) is 0. The summed E-state index contributed by atoms with van der Waals surface area (Å²) in [5, 5.41) is 7.01. The summed E-state index contributed by atoms with van der Waals surface area (Å²) in [5.41, 5.74) is 14.7. The maximum Gasteiger partial charge on any atom is 0.166 e. The van der Waals surface area contributed by atoms with Gasteiger partial charge in [0.05, 0.1) is 38.8 Å². The maximum absolute atomic E-state index is 5.41. The predicted octanol–water partition coefficient (Wildman–Crippen LogP) is 17.3. The van der Waals surface area contributed by atoms with Crippen LogP contribution < -0.4 is 0 Å². The second-order valence-corrected chi connectivity index (χ2v) is 20.3.